The number of rotatable bonds is 4. The van der Waals surface area contributed by atoms with Crippen LogP contribution in [0.4, 0.5) is 0 Å². The minimum Gasteiger partial charge on any atom is -0.266 e. The van der Waals surface area contributed by atoms with Crippen LogP contribution in [0.25, 0.3) is 0 Å². The van der Waals surface area contributed by atoms with Gasteiger partial charge in [0.15, 0.2) is 0 Å². The Bertz CT molecular complexity index is 486. The fourth-order valence-corrected chi connectivity index (χ4v) is 4.91. The number of hydrogen-bond donors (Lipinski definition) is 0. The second-order valence-electron chi connectivity index (χ2n) is 5.60. The van der Waals surface area contributed by atoms with Crippen LogP contribution in [0, 0.1) is 5.41 Å². The first-order valence-corrected chi connectivity index (χ1v) is 10.0. The molecule has 2 rings (SSSR count). The first-order valence-electron chi connectivity index (χ1n) is 6.39. The van der Waals surface area contributed by atoms with Crippen molar-refractivity contribution in [2.24, 2.45) is 5.41 Å². The second kappa shape index (κ2) is 4.98. The average Bonchev–Trinajstić information content (AvgIpc) is 2.73. The predicted molar refractivity (Wildman–Crippen MR) is 69.6 cm³/mol. The molecule has 0 aromatic carbocycles. The third-order valence-electron chi connectivity index (χ3n) is 4.08. The topological polar surface area (TPSA) is 86.7 Å². The molecule has 0 N–H and O–H groups in total. The summed E-state index contributed by atoms with van der Waals surface area (Å²) in [5, 5.41) is 0. The summed E-state index contributed by atoms with van der Waals surface area (Å²) in [5.74, 6) is 0. The van der Waals surface area contributed by atoms with E-state index < -0.39 is 37.9 Å². The molecule has 0 unspecified atom stereocenters. The van der Waals surface area contributed by atoms with E-state index in [1.54, 1.807) is 0 Å². The highest BCUT2D eigenvalue weighted by Gasteiger charge is 2.54. The van der Waals surface area contributed by atoms with Gasteiger partial charge < -0.3 is 0 Å². The van der Waals surface area contributed by atoms with Crippen molar-refractivity contribution in [1.82, 2.24) is 0 Å². The summed E-state index contributed by atoms with van der Waals surface area (Å²) < 4.78 is 55.7. The third-order valence-corrected chi connectivity index (χ3v) is 5.25. The van der Waals surface area contributed by atoms with Crippen LogP contribution < -0.4 is 0 Å². The molecule has 6 nitrogen and oxygen atoms in total. The summed E-state index contributed by atoms with van der Waals surface area (Å²) in [4.78, 5) is 0. The molecule has 19 heavy (non-hydrogen) atoms. The summed E-state index contributed by atoms with van der Waals surface area (Å²) in [6, 6.07) is 0. The molecule has 0 radical (unpaired) electrons. The maximum absolute atomic E-state index is 11.3. The summed E-state index contributed by atoms with van der Waals surface area (Å²) in [5.41, 5.74) is -0.466. The van der Waals surface area contributed by atoms with Crippen LogP contribution in [-0.4, -0.2) is 41.6 Å². The Labute approximate surface area is 114 Å². The van der Waals surface area contributed by atoms with Gasteiger partial charge in [0.05, 0.1) is 24.7 Å². The largest absolute Gasteiger partial charge is 0.266 e. The maximum Gasteiger partial charge on any atom is 0.264 e. The van der Waals surface area contributed by atoms with Gasteiger partial charge in [-0.25, -0.2) is 0 Å². The molecule has 0 saturated heterocycles. The van der Waals surface area contributed by atoms with Gasteiger partial charge in [-0.05, 0) is 25.7 Å². The van der Waals surface area contributed by atoms with Gasteiger partial charge in [0.25, 0.3) is 20.2 Å². The molecular weight excluding hydrogens is 292 g/mol. The molecule has 0 bridgehead atoms. The van der Waals surface area contributed by atoms with Gasteiger partial charge in [-0.2, -0.15) is 16.8 Å². The van der Waals surface area contributed by atoms with E-state index in [0.29, 0.717) is 12.8 Å². The highest BCUT2D eigenvalue weighted by molar-refractivity contribution is 7.86. The van der Waals surface area contributed by atoms with Crippen LogP contribution in [0.2, 0.25) is 0 Å². The zero-order valence-electron chi connectivity index (χ0n) is 11.2. The van der Waals surface area contributed by atoms with E-state index in [2.05, 4.69) is 0 Å². The second-order valence-corrected chi connectivity index (χ2v) is 8.80. The van der Waals surface area contributed by atoms with Crippen molar-refractivity contribution in [2.45, 2.75) is 50.7 Å². The van der Waals surface area contributed by atoms with E-state index in [1.165, 1.54) is 0 Å². The molecule has 0 aromatic heterocycles. The Morgan fingerprint density at radius 3 is 1.53 bits per heavy atom. The van der Waals surface area contributed by atoms with Crippen LogP contribution >= 0.6 is 0 Å². The van der Waals surface area contributed by atoms with Crippen molar-refractivity contribution in [1.29, 1.82) is 0 Å². The molecule has 1 spiro atoms. The molecule has 2 fully saturated rings. The lowest BCUT2D eigenvalue weighted by Crippen LogP contribution is -2.42. The van der Waals surface area contributed by atoms with Crippen LogP contribution in [0.3, 0.4) is 0 Å². The minimum atomic E-state index is -3.54. The van der Waals surface area contributed by atoms with Gasteiger partial charge in [-0.1, -0.05) is 12.8 Å². The lowest BCUT2D eigenvalue weighted by molar-refractivity contribution is 0.00245. The van der Waals surface area contributed by atoms with Crippen LogP contribution in [0.5, 0.6) is 0 Å². The Hall–Kier alpha value is -0.180. The molecule has 2 aliphatic carbocycles. The van der Waals surface area contributed by atoms with Crippen molar-refractivity contribution in [3.63, 3.8) is 0 Å². The zero-order valence-corrected chi connectivity index (χ0v) is 12.8. The van der Waals surface area contributed by atoms with E-state index in [-0.39, 0.29) is 0 Å². The molecule has 0 aromatic rings. The Morgan fingerprint density at radius 1 is 0.842 bits per heavy atom. The highest BCUT2D eigenvalue weighted by atomic mass is 32.2. The first kappa shape index (κ1) is 15.2. The Kier molecular flexibility index (Phi) is 3.99. The molecule has 112 valence electrons. The van der Waals surface area contributed by atoms with Gasteiger partial charge in [-0.3, -0.25) is 8.37 Å². The third kappa shape index (κ3) is 3.48. The molecular formula is C11H20O6S2. The minimum absolute atomic E-state index is 0.461. The molecule has 2 saturated carbocycles. The predicted octanol–water partition coefficient (Wildman–Crippen LogP) is 1.03. The van der Waals surface area contributed by atoms with Gasteiger partial charge in [-0.15, -0.1) is 0 Å². The van der Waals surface area contributed by atoms with Crippen molar-refractivity contribution in [2.75, 3.05) is 12.5 Å². The molecule has 0 aliphatic heterocycles. The zero-order chi connectivity index (χ0) is 14.3. The quantitative estimate of drug-likeness (QED) is 0.721. The van der Waals surface area contributed by atoms with Crippen molar-refractivity contribution in [3.05, 3.63) is 0 Å². The van der Waals surface area contributed by atoms with Crippen LogP contribution in [0.15, 0.2) is 0 Å². The van der Waals surface area contributed by atoms with Crippen LogP contribution in [0.1, 0.15) is 38.5 Å². The molecule has 3 atom stereocenters. The van der Waals surface area contributed by atoms with E-state index in [9.17, 15) is 16.8 Å². The Balaban J connectivity index is 2.23. The highest BCUT2D eigenvalue weighted by Crippen LogP contribution is 2.53. The molecule has 2 aliphatic rings. The Morgan fingerprint density at radius 2 is 1.21 bits per heavy atom. The summed E-state index contributed by atoms with van der Waals surface area (Å²) >= 11 is 0. The van der Waals surface area contributed by atoms with Gasteiger partial charge in [0.1, 0.15) is 0 Å². The monoisotopic (exact) mass is 312 g/mol. The van der Waals surface area contributed by atoms with E-state index in [4.69, 9.17) is 8.37 Å². The lowest BCUT2D eigenvalue weighted by atomic mass is 9.80. The SMILES string of the molecule is CS(=O)(=O)O[C@H]1CCC[C@@]12CCC[C@H]2OS(C)(=O)=O. The fraction of sp³-hybridized carbons (Fsp3) is 1.00. The lowest BCUT2D eigenvalue weighted by Gasteiger charge is -2.35. The number of hydrogen-bond acceptors (Lipinski definition) is 6. The molecule has 8 heteroatoms. The normalized spacial score (nSPS) is 36.1. The average molecular weight is 312 g/mol. The van der Waals surface area contributed by atoms with E-state index >= 15 is 0 Å². The van der Waals surface area contributed by atoms with Crippen molar-refractivity contribution in [3.8, 4) is 0 Å². The van der Waals surface area contributed by atoms with Crippen molar-refractivity contribution < 1.29 is 25.2 Å². The first-order chi connectivity index (χ1) is 8.62. The van der Waals surface area contributed by atoms with Crippen molar-refractivity contribution >= 4 is 20.2 Å². The standard InChI is InChI=1S/C11H20O6S2/c1-18(12,13)16-9-5-3-7-11(9)8-4-6-10(11)17-19(2,14)15/h9-10H,3-8H2,1-2H3/t9-,10+,11-/m1/s1. The van der Waals surface area contributed by atoms with Gasteiger partial charge in [0, 0.05) is 5.41 Å². The van der Waals surface area contributed by atoms with E-state index in [0.717, 1.165) is 38.2 Å². The van der Waals surface area contributed by atoms with Gasteiger partial charge in [0.2, 0.25) is 0 Å². The van der Waals surface area contributed by atoms with Gasteiger partial charge >= 0.3 is 0 Å². The fourth-order valence-electron chi connectivity index (χ4n) is 3.49. The molecule has 0 amide bonds. The van der Waals surface area contributed by atoms with E-state index in [1.807, 2.05) is 0 Å². The maximum atomic E-state index is 11.3. The molecule has 0 heterocycles. The summed E-state index contributed by atoms with van der Waals surface area (Å²) in [7, 11) is -7.09. The summed E-state index contributed by atoms with van der Waals surface area (Å²) in [6.07, 6.45) is 5.59. The smallest absolute Gasteiger partial charge is 0.264 e. The van der Waals surface area contributed by atoms with Crippen LogP contribution in [-0.2, 0) is 28.6 Å². The summed E-state index contributed by atoms with van der Waals surface area (Å²) in [6.45, 7) is 0.